The molecule has 0 aliphatic rings. The fourth-order valence-corrected chi connectivity index (χ4v) is 9.05. The van der Waals surface area contributed by atoms with E-state index in [2.05, 4.69) is 43.3 Å². The molecule has 0 aliphatic carbocycles. The molecule has 0 bridgehead atoms. The Morgan fingerprint density at radius 3 is 1.88 bits per heavy atom. The standard InChI is InChI=1S/C35H37IN6O7S2/c1-47-27-11-5-24(6-12-27)21-41(22-25-7-13-28(48-2)14-8-25)51(45,46)33-31(50-20-4-19-37-35(43)44)18-17-30(36)32(33)34-38-40-42(39-34)23-26-9-15-29(49-3)16-10-26/h5-18,37H,4,19-23H2,1-3H3,(H,43,44). The van der Waals surface area contributed by atoms with Crippen molar-refractivity contribution in [2.45, 2.75) is 35.8 Å². The van der Waals surface area contributed by atoms with Gasteiger partial charge in [0, 0.05) is 28.1 Å². The molecule has 1 aromatic heterocycles. The van der Waals surface area contributed by atoms with E-state index in [1.54, 1.807) is 51.7 Å². The van der Waals surface area contributed by atoms with E-state index in [1.165, 1.54) is 20.9 Å². The van der Waals surface area contributed by atoms with Gasteiger partial charge < -0.3 is 24.6 Å². The van der Waals surface area contributed by atoms with Crippen LogP contribution in [0.25, 0.3) is 11.4 Å². The van der Waals surface area contributed by atoms with Gasteiger partial charge in [0.25, 0.3) is 0 Å². The van der Waals surface area contributed by atoms with Crippen LogP contribution in [0.5, 0.6) is 17.2 Å². The number of aromatic nitrogens is 4. The molecular weight excluding hydrogens is 807 g/mol. The van der Waals surface area contributed by atoms with Crippen molar-refractivity contribution >= 4 is 50.5 Å². The number of carboxylic acid groups (broad SMARTS) is 1. The fourth-order valence-electron chi connectivity index (χ4n) is 5.10. The third-order valence-electron chi connectivity index (χ3n) is 7.72. The van der Waals surface area contributed by atoms with Crippen molar-refractivity contribution in [3.63, 3.8) is 0 Å². The highest BCUT2D eigenvalue weighted by Crippen LogP contribution is 2.40. The van der Waals surface area contributed by atoms with E-state index in [9.17, 15) is 4.79 Å². The maximum absolute atomic E-state index is 15.2. The van der Waals surface area contributed by atoms with E-state index in [0.717, 1.165) is 22.4 Å². The molecule has 0 saturated carbocycles. The minimum Gasteiger partial charge on any atom is -0.497 e. The molecule has 0 radical (unpaired) electrons. The van der Waals surface area contributed by atoms with Gasteiger partial charge in [-0.1, -0.05) is 36.4 Å². The van der Waals surface area contributed by atoms with Gasteiger partial charge in [0.15, 0.2) is 0 Å². The number of rotatable bonds is 17. The number of sulfonamides is 1. The molecule has 16 heteroatoms. The van der Waals surface area contributed by atoms with Crippen LogP contribution >= 0.6 is 34.4 Å². The van der Waals surface area contributed by atoms with Crippen molar-refractivity contribution in [1.29, 1.82) is 0 Å². The van der Waals surface area contributed by atoms with Gasteiger partial charge >= 0.3 is 6.09 Å². The molecule has 0 unspecified atom stereocenters. The van der Waals surface area contributed by atoms with Gasteiger partial charge in [-0.3, -0.25) is 0 Å². The van der Waals surface area contributed by atoms with Gasteiger partial charge in [0.05, 0.1) is 33.4 Å². The molecule has 51 heavy (non-hydrogen) atoms. The number of nitrogens with one attached hydrogen (secondary N) is 1. The molecule has 1 heterocycles. The summed E-state index contributed by atoms with van der Waals surface area (Å²) < 4.78 is 48.3. The molecule has 0 atom stereocenters. The summed E-state index contributed by atoms with van der Waals surface area (Å²) in [5.41, 5.74) is 2.77. The first-order chi connectivity index (χ1) is 24.6. The van der Waals surface area contributed by atoms with E-state index >= 15 is 8.42 Å². The summed E-state index contributed by atoms with van der Waals surface area (Å²) in [6.45, 7) is 0.659. The fraction of sp³-hybridized carbons (Fsp3) is 0.257. The molecule has 0 fully saturated rings. The van der Waals surface area contributed by atoms with Gasteiger partial charge in [0.2, 0.25) is 15.8 Å². The summed E-state index contributed by atoms with van der Waals surface area (Å²) in [6.07, 6.45) is -0.633. The normalized spacial score (nSPS) is 11.4. The van der Waals surface area contributed by atoms with Gasteiger partial charge in [-0.2, -0.15) is 9.10 Å². The lowest BCUT2D eigenvalue weighted by atomic mass is 10.2. The molecule has 1 amide bonds. The summed E-state index contributed by atoms with van der Waals surface area (Å²) in [4.78, 5) is 13.0. The SMILES string of the molecule is COc1ccc(CN(Cc2ccc(OC)cc2)S(=O)(=O)c2c(SCCCNC(=O)O)ccc(I)c2-c2nnn(Cc3ccc(OC)cc3)n2)cc1. The van der Waals surface area contributed by atoms with Crippen LogP contribution in [0.4, 0.5) is 4.79 Å². The number of ether oxygens (including phenoxy) is 3. The Balaban J connectivity index is 1.59. The lowest BCUT2D eigenvalue weighted by Gasteiger charge is -2.25. The van der Waals surface area contributed by atoms with E-state index in [-0.39, 0.29) is 30.4 Å². The zero-order valence-corrected chi connectivity index (χ0v) is 31.9. The maximum Gasteiger partial charge on any atom is 0.404 e. The molecule has 5 aromatic rings. The van der Waals surface area contributed by atoms with Crippen LogP contribution in [0.15, 0.2) is 94.7 Å². The topological polar surface area (TPSA) is 158 Å². The number of methoxy groups -OCH3 is 3. The first-order valence-corrected chi connectivity index (χ1v) is 19.2. The predicted octanol–water partition coefficient (Wildman–Crippen LogP) is 6.16. The highest BCUT2D eigenvalue weighted by atomic mass is 127. The van der Waals surface area contributed by atoms with Gasteiger partial charge in [0.1, 0.15) is 22.1 Å². The van der Waals surface area contributed by atoms with Gasteiger partial charge in [-0.15, -0.1) is 22.0 Å². The Labute approximate surface area is 314 Å². The molecule has 0 spiro atoms. The summed E-state index contributed by atoms with van der Waals surface area (Å²) in [7, 11) is 0.481. The summed E-state index contributed by atoms with van der Waals surface area (Å²) in [5.74, 6) is 2.65. The van der Waals surface area contributed by atoms with Crippen LogP contribution in [0, 0.1) is 3.57 Å². The third-order valence-corrected chi connectivity index (χ3v) is 11.8. The van der Waals surface area contributed by atoms with Crippen molar-refractivity contribution in [2.24, 2.45) is 0 Å². The Morgan fingerprint density at radius 2 is 1.37 bits per heavy atom. The van der Waals surface area contributed by atoms with Crippen molar-refractivity contribution in [3.8, 4) is 28.6 Å². The third kappa shape index (κ3) is 9.90. The molecule has 268 valence electrons. The molecule has 2 N–H and O–H groups in total. The first-order valence-electron chi connectivity index (χ1n) is 15.7. The molecule has 5 rings (SSSR count). The average Bonchev–Trinajstić information content (AvgIpc) is 3.60. The number of benzene rings is 4. The summed E-state index contributed by atoms with van der Waals surface area (Å²) in [5, 5.41) is 24.6. The van der Waals surface area contributed by atoms with Crippen LogP contribution in [-0.2, 0) is 29.7 Å². The van der Waals surface area contributed by atoms with Crippen LogP contribution in [0.2, 0.25) is 0 Å². The smallest absolute Gasteiger partial charge is 0.404 e. The van der Waals surface area contributed by atoms with Crippen LogP contribution in [0.3, 0.4) is 0 Å². The number of halogens is 1. The van der Waals surface area contributed by atoms with Crippen molar-refractivity contribution in [2.75, 3.05) is 33.6 Å². The first kappa shape index (κ1) is 37.9. The van der Waals surface area contributed by atoms with Gasteiger partial charge in [-0.25, -0.2) is 13.2 Å². The lowest BCUT2D eigenvalue weighted by molar-refractivity contribution is 0.194. The lowest BCUT2D eigenvalue weighted by Crippen LogP contribution is -2.31. The van der Waals surface area contributed by atoms with Crippen molar-refractivity contribution in [3.05, 3.63) is 105 Å². The minimum atomic E-state index is -4.27. The Bertz CT molecular complexity index is 1980. The minimum absolute atomic E-state index is 0.0524. The summed E-state index contributed by atoms with van der Waals surface area (Å²) >= 11 is 3.43. The van der Waals surface area contributed by atoms with Crippen molar-refractivity contribution < 1.29 is 32.5 Å². The zero-order chi connectivity index (χ0) is 36.4. The molecule has 0 saturated heterocycles. The molecule has 13 nitrogen and oxygen atoms in total. The highest BCUT2D eigenvalue weighted by Gasteiger charge is 2.33. The van der Waals surface area contributed by atoms with Crippen LogP contribution in [-0.4, -0.2) is 77.8 Å². The Hall–Kier alpha value is -4.39. The van der Waals surface area contributed by atoms with Crippen LogP contribution in [0.1, 0.15) is 23.1 Å². The molecule has 4 aromatic carbocycles. The average molecular weight is 845 g/mol. The van der Waals surface area contributed by atoms with E-state index in [0.29, 0.717) is 44.2 Å². The quantitative estimate of drug-likeness (QED) is 0.0628. The van der Waals surface area contributed by atoms with E-state index < -0.39 is 16.1 Å². The highest BCUT2D eigenvalue weighted by molar-refractivity contribution is 14.1. The Morgan fingerprint density at radius 1 is 0.843 bits per heavy atom. The summed E-state index contributed by atoms with van der Waals surface area (Å²) in [6, 6.07) is 25.6. The maximum atomic E-state index is 15.2. The number of thioether (sulfide) groups is 1. The molecular formula is C35H37IN6O7S2. The number of carbonyl (C=O) groups is 1. The predicted molar refractivity (Wildman–Crippen MR) is 202 cm³/mol. The number of amides is 1. The second kappa shape index (κ2) is 17.7. The van der Waals surface area contributed by atoms with E-state index in [4.69, 9.17) is 19.3 Å². The largest absolute Gasteiger partial charge is 0.497 e. The monoisotopic (exact) mass is 844 g/mol. The number of hydrogen-bond acceptors (Lipinski definition) is 10. The second-order valence-corrected chi connectivity index (χ2v) is 15.3. The second-order valence-electron chi connectivity index (χ2n) is 11.1. The van der Waals surface area contributed by atoms with Crippen molar-refractivity contribution in [1.82, 2.24) is 29.8 Å². The zero-order valence-electron chi connectivity index (χ0n) is 28.2. The van der Waals surface area contributed by atoms with Gasteiger partial charge in [-0.05, 0) is 105 Å². The van der Waals surface area contributed by atoms with Crippen LogP contribution < -0.4 is 19.5 Å². The number of tetrazole rings is 1. The number of hydrogen-bond donors (Lipinski definition) is 2. The number of nitrogens with zero attached hydrogens (tertiary/aromatic N) is 5. The Kier molecular flexibility index (Phi) is 13.1. The van der Waals surface area contributed by atoms with E-state index in [1.807, 2.05) is 54.6 Å². The molecule has 0 aliphatic heterocycles.